The van der Waals surface area contributed by atoms with Crippen LogP contribution in [0.1, 0.15) is 73.6 Å². The van der Waals surface area contributed by atoms with Crippen LogP contribution in [0.2, 0.25) is 0 Å². The fourth-order valence-electron chi connectivity index (χ4n) is 5.22. The zero-order valence-corrected chi connectivity index (χ0v) is 44.5. The molecule has 0 aliphatic carbocycles. The highest BCUT2D eigenvalue weighted by molar-refractivity contribution is 5.88. The zero-order chi connectivity index (χ0) is 64.7. The predicted molar refractivity (Wildman–Crippen MR) is 265 cm³/mol. The van der Waals surface area contributed by atoms with Crippen LogP contribution in [-0.4, -0.2) is 29.8 Å². The van der Waals surface area contributed by atoms with Crippen LogP contribution in [0.3, 0.4) is 0 Å². The number of carbonyl (C=O) groups excluding carboxylic acids is 5. The van der Waals surface area contributed by atoms with Crippen LogP contribution < -0.4 is 0 Å². The molecule has 0 atom stereocenters. The molecule has 0 spiro atoms. The summed E-state index contributed by atoms with van der Waals surface area (Å²) in [6, 6.07) is 10.5. The molecular weight excluding hydrogens is 1170 g/mol. The van der Waals surface area contributed by atoms with Crippen LogP contribution in [0.25, 0.3) is 0 Å². The lowest BCUT2D eigenvalue weighted by Gasteiger charge is -2.14. The lowest BCUT2D eigenvalue weighted by Crippen LogP contribution is -2.13. The molecule has 0 unspecified atom stereocenters. The molecule has 5 aromatic carbocycles. The van der Waals surface area contributed by atoms with E-state index in [9.17, 15) is 98.6 Å². The maximum atomic E-state index is 13.1. The van der Waals surface area contributed by atoms with Gasteiger partial charge in [0.2, 0.25) is 5.82 Å². The standard InChI is InChI=1S/C13H10F6O2.C11H7F5O2.3C11H10F2O2/c1-7(2)11(20)21-6-8-3-9(12(14,15)16)5-10(4-8)13(17,18)19;1-4(2)11(17)18-3-5-6(12)8(14)10(16)9(15)7(5)13;1-7(2)11(14)15-6-8-3-9(12)5-10(13)4-8;1-7(2)11(14)15-6-8-3-4-9(12)5-10(8)13;1-7(2)11(14)15-6-8-9(12)4-3-5-10(8)13/h3-5H,1,6H2,2H3;1,3H2,2H3;3*3-5H,1,6H2,2H3. The summed E-state index contributed by atoms with van der Waals surface area (Å²) < 4.78 is 240. The highest BCUT2D eigenvalue weighted by Crippen LogP contribution is 2.36. The number of ether oxygens (including phenoxy) is 5. The van der Waals surface area contributed by atoms with Gasteiger partial charge >= 0.3 is 42.2 Å². The molecule has 0 aromatic heterocycles. The summed E-state index contributed by atoms with van der Waals surface area (Å²) in [5.74, 6) is -18.5. The highest BCUT2D eigenvalue weighted by Gasteiger charge is 2.37. The van der Waals surface area contributed by atoms with Crippen molar-refractivity contribution in [2.45, 2.75) is 80.0 Å². The van der Waals surface area contributed by atoms with E-state index in [0.29, 0.717) is 12.1 Å². The third-order valence-corrected chi connectivity index (χ3v) is 9.48. The molecular formula is C57H47F17O10. The van der Waals surface area contributed by atoms with Crippen LogP contribution in [0.5, 0.6) is 0 Å². The molecule has 0 N–H and O–H groups in total. The SMILES string of the molecule is C=C(C)C(=O)OCc1c(F)c(F)c(F)c(F)c1F.C=C(C)C(=O)OCc1c(F)cccc1F.C=C(C)C(=O)OCc1cc(C(F)(F)F)cc(C(F)(F)F)c1.C=C(C)C(=O)OCc1cc(F)cc(F)c1.C=C(C)C(=O)OCc1ccc(F)cc1F. The van der Waals surface area contributed by atoms with Crippen molar-refractivity contribution in [1.29, 1.82) is 0 Å². The Morgan fingerprint density at radius 1 is 0.357 bits per heavy atom. The van der Waals surface area contributed by atoms with Gasteiger partial charge in [-0.15, -0.1) is 0 Å². The number of alkyl halides is 6. The molecule has 10 nitrogen and oxygen atoms in total. The first-order chi connectivity index (χ1) is 38.7. The Labute approximate surface area is 467 Å². The van der Waals surface area contributed by atoms with Crippen LogP contribution in [0, 0.1) is 64.0 Å². The Bertz CT molecular complexity index is 3170. The van der Waals surface area contributed by atoms with Gasteiger partial charge in [-0.3, -0.25) is 0 Å². The summed E-state index contributed by atoms with van der Waals surface area (Å²) in [7, 11) is 0. The van der Waals surface area contributed by atoms with E-state index in [1.165, 1.54) is 46.8 Å². The van der Waals surface area contributed by atoms with Gasteiger partial charge in [-0.25, -0.2) is 72.3 Å². The van der Waals surface area contributed by atoms with E-state index in [2.05, 4.69) is 47.1 Å². The van der Waals surface area contributed by atoms with E-state index in [4.69, 9.17) is 9.47 Å². The summed E-state index contributed by atoms with van der Waals surface area (Å²) >= 11 is 0. The molecule has 5 rings (SSSR count). The Hall–Kier alpha value is -9.04. The first-order valence-electron chi connectivity index (χ1n) is 22.9. The number of halogens is 17. The average Bonchev–Trinajstić information content (AvgIpc) is 3.41. The molecule has 0 saturated heterocycles. The Morgan fingerprint density at radius 3 is 1.02 bits per heavy atom. The van der Waals surface area contributed by atoms with Crippen molar-refractivity contribution in [2.24, 2.45) is 0 Å². The fraction of sp³-hybridized carbons (Fsp3) is 0.211. The largest absolute Gasteiger partial charge is 0.457 e. The molecule has 0 bridgehead atoms. The third kappa shape index (κ3) is 25.0. The normalized spacial score (nSPS) is 10.5. The van der Waals surface area contributed by atoms with E-state index in [0.717, 1.165) is 42.5 Å². The smallest absolute Gasteiger partial charge is 0.416 e. The number of rotatable bonds is 15. The second kappa shape index (κ2) is 33.2. The van der Waals surface area contributed by atoms with Gasteiger partial charge in [-0.2, -0.15) is 26.3 Å². The molecule has 0 saturated carbocycles. The van der Waals surface area contributed by atoms with E-state index < -0.39 is 148 Å². The van der Waals surface area contributed by atoms with Crippen molar-refractivity contribution in [1.82, 2.24) is 0 Å². The number of hydrogen-bond donors (Lipinski definition) is 0. The van der Waals surface area contributed by atoms with Crippen molar-refractivity contribution in [3.05, 3.63) is 236 Å². The van der Waals surface area contributed by atoms with Gasteiger partial charge in [-0.1, -0.05) is 39.0 Å². The minimum Gasteiger partial charge on any atom is -0.457 e. The minimum atomic E-state index is -4.94. The summed E-state index contributed by atoms with van der Waals surface area (Å²) in [5.41, 5.74) is -3.82. The van der Waals surface area contributed by atoms with Crippen molar-refractivity contribution in [3.8, 4) is 0 Å². The van der Waals surface area contributed by atoms with Gasteiger partial charge in [-0.05, 0) is 100 Å². The maximum absolute atomic E-state index is 13.1. The van der Waals surface area contributed by atoms with Gasteiger partial charge < -0.3 is 23.7 Å². The van der Waals surface area contributed by atoms with Crippen LogP contribution in [0.4, 0.5) is 74.6 Å². The van der Waals surface area contributed by atoms with Crippen molar-refractivity contribution < 1.29 is 122 Å². The van der Waals surface area contributed by atoms with Crippen molar-refractivity contribution in [3.63, 3.8) is 0 Å². The van der Waals surface area contributed by atoms with Crippen LogP contribution in [0.15, 0.2) is 134 Å². The monoisotopic (exact) mass is 1210 g/mol. The molecule has 0 fully saturated rings. The van der Waals surface area contributed by atoms with Gasteiger partial charge in [0.05, 0.1) is 22.3 Å². The lowest BCUT2D eigenvalue weighted by atomic mass is 10.1. The summed E-state index contributed by atoms with van der Waals surface area (Å²) in [6.07, 6.45) is -9.87. The molecule has 84 heavy (non-hydrogen) atoms. The second-order valence-electron chi connectivity index (χ2n) is 17.0. The number of carbonyl (C=O) groups is 5. The van der Waals surface area contributed by atoms with E-state index in [1.54, 1.807) is 0 Å². The maximum Gasteiger partial charge on any atom is 0.416 e. The van der Waals surface area contributed by atoms with Crippen LogP contribution in [-0.2, 0) is 93.0 Å². The molecule has 27 heteroatoms. The van der Waals surface area contributed by atoms with E-state index in [-0.39, 0.29) is 63.8 Å². The van der Waals surface area contributed by atoms with E-state index in [1.807, 2.05) is 0 Å². The van der Waals surface area contributed by atoms with E-state index >= 15 is 0 Å². The fourth-order valence-corrected chi connectivity index (χ4v) is 5.22. The lowest BCUT2D eigenvalue weighted by molar-refractivity contribution is -0.144. The predicted octanol–water partition coefficient (Wildman–Crippen LogP) is 15.1. The van der Waals surface area contributed by atoms with Crippen molar-refractivity contribution in [2.75, 3.05) is 0 Å². The highest BCUT2D eigenvalue weighted by atomic mass is 19.4. The number of esters is 5. The summed E-state index contributed by atoms with van der Waals surface area (Å²) in [4.78, 5) is 55.0. The number of hydrogen-bond acceptors (Lipinski definition) is 10. The Morgan fingerprint density at radius 2 is 0.679 bits per heavy atom. The molecule has 0 aliphatic heterocycles. The topological polar surface area (TPSA) is 132 Å². The van der Waals surface area contributed by atoms with Crippen LogP contribution >= 0.6 is 0 Å². The van der Waals surface area contributed by atoms with Gasteiger partial charge in [0.15, 0.2) is 23.3 Å². The number of benzene rings is 5. The molecule has 5 aromatic rings. The van der Waals surface area contributed by atoms with Crippen molar-refractivity contribution >= 4 is 29.8 Å². The second-order valence-corrected chi connectivity index (χ2v) is 17.0. The minimum absolute atomic E-state index is 0.00404. The Kier molecular flexibility index (Phi) is 28.8. The molecule has 0 radical (unpaired) electrons. The third-order valence-electron chi connectivity index (χ3n) is 9.48. The molecule has 454 valence electrons. The summed E-state index contributed by atoms with van der Waals surface area (Å²) in [6.45, 7) is 21.0. The van der Waals surface area contributed by atoms with Gasteiger partial charge in [0.25, 0.3) is 0 Å². The average molecular weight is 1210 g/mol. The van der Waals surface area contributed by atoms with Gasteiger partial charge in [0, 0.05) is 45.6 Å². The zero-order valence-electron chi connectivity index (χ0n) is 44.5. The molecule has 0 amide bonds. The first kappa shape index (κ1) is 73.0. The molecule has 0 heterocycles. The van der Waals surface area contributed by atoms with Gasteiger partial charge in [0.1, 0.15) is 67.9 Å². The first-order valence-corrected chi connectivity index (χ1v) is 22.9. The quantitative estimate of drug-likeness (QED) is 0.0249. The molecule has 0 aliphatic rings. The summed E-state index contributed by atoms with van der Waals surface area (Å²) in [5, 5.41) is 0. The Balaban J connectivity index is 0.000000528.